The van der Waals surface area contributed by atoms with Crippen molar-refractivity contribution in [3.8, 4) is 28.4 Å². The first-order chi connectivity index (χ1) is 19.4. The van der Waals surface area contributed by atoms with Crippen LogP contribution in [0.1, 0.15) is 10.4 Å². The first kappa shape index (κ1) is 26.5. The third kappa shape index (κ3) is 5.25. The van der Waals surface area contributed by atoms with Crippen LogP contribution in [0, 0.1) is 0 Å². The molecule has 0 radical (unpaired) electrons. The minimum atomic E-state index is -0.698. The van der Waals surface area contributed by atoms with Crippen LogP contribution in [-0.4, -0.2) is 32.0 Å². The Morgan fingerprint density at radius 2 is 1.40 bits per heavy atom. The molecule has 0 fully saturated rings. The van der Waals surface area contributed by atoms with Gasteiger partial charge in [0.25, 0.3) is 11.8 Å². The summed E-state index contributed by atoms with van der Waals surface area (Å²) in [5, 5.41) is 2.61. The summed E-state index contributed by atoms with van der Waals surface area (Å²) in [6.45, 7) is 0. The van der Waals surface area contributed by atoms with E-state index in [9.17, 15) is 14.4 Å². The van der Waals surface area contributed by atoms with E-state index >= 15 is 0 Å². The number of nitrogens with one attached hydrogen (secondary N) is 1. The molecule has 40 heavy (non-hydrogen) atoms. The Morgan fingerprint density at radius 3 is 2.05 bits per heavy atom. The average Bonchev–Trinajstić information content (AvgIpc) is 3.20. The van der Waals surface area contributed by atoms with Crippen molar-refractivity contribution in [1.29, 1.82) is 0 Å². The fourth-order valence-electron chi connectivity index (χ4n) is 4.15. The Bertz CT molecular complexity index is 1620. The predicted octanol–water partition coefficient (Wildman–Crippen LogP) is 6.03. The van der Waals surface area contributed by atoms with Crippen LogP contribution in [0.25, 0.3) is 11.1 Å². The maximum Gasteiger partial charge on any atom is 0.343 e. The van der Waals surface area contributed by atoms with Gasteiger partial charge in [0.1, 0.15) is 28.0 Å². The van der Waals surface area contributed by atoms with Gasteiger partial charge in [-0.05, 0) is 59.7 Å². The number of halogens is 1. The summed E-state index contributed by atoms with van der Waals surface area (Å²) in [5.74, 6) is -0.713. The normalized spacial score (nSPS) is 12.9. The number of esters is 1. The van der Waals surface area contributed by atoms with Crippen LogP contribution >= 0.6 is 11.6 Å². The first-order valence-corrected chi connectivity index (χ1v) is 12.5. The molecule has 0 atom stereocenters. The second-order valence-corrected chi connectivity index (χ2v) is 9.03. The minimum absolute atomic E-state index is 0.0987. The summed E-state index contributed by atoms with van der Waals surface area (Å²) in [6, 6.07) is 28.1. The fourth-order valence-corrected chi connectivity index (χ4v) is 4.36. The highest BCUT2D eigenvalue weighted by molar-refractivity contribution is 6.53. The van der Waals surface area contributed by atoms with Crippen molar-refractivity contribution in [3.05, 3.63) is 113 Å². The summed E-state index contributed by atoms with van der Waals surface area (Å²) < 4.78 is 16.0. The van der Waals surface area contributed by atoms with Crippen LogP contribution in [0.5, 0.6) is 17.2 Å². The summed E-state index contributed by atoms with van der Waals surface area (Å²) in [4.78, 5) is 39.7. The van der Waals surface area contributed by atoms with Crippen LogP contribution in [-0.2, 0) is 9.59 Å². The van der Waals surface area contributed by atoms with Gasteiger partial charge in [-0.3, -0.25) is 9.59 Å². The molecule has 4 aromatic rings. The molecule has 0 saturated heterocycles. The minimum Gasteiger partial charge on any atom is -0.497 e. The van der Waals surface area contributed by atoms with Crippen LogP contribution in [0.15, 0.2) is 108 Å². The topological polar surface area (TPSA) is 94.2 Å². The van der Waals surface area contributed by atoms with Gasteiger partial charge in [0.15, 0.2) is 0 Å². The number of carbonyl (C=O) groups excluding carboxylic acids is 3. The van der Waals surface area contributed by atoms with E-state index < -0.39 is 17.8 Å². The maximum absolute atomic E-state index is 13.2. The van der Waals surface area contributed by atoms with Crippen molar-refractivity contribution in [2.24, 2.45) is 0 Å². The Morgan fingerprint density at radius 1 is 0.750 bits per heavy atom. The molecule has 1 aliphatic rings. The average molecular weight is 555 g/mol. The second-order valence-electron chi connectivity index (χ2n) is 8.65. The summed E-state index contributed by atoms with van der Waals surface area (Å²) >= 11 is 6.26. The summed E-state index contributed by atoms with van der Waals surface area (Å²) in [5.41, 5.74) is 2.94. The molecule has 1 aliphatic heterocycles. The third-order valence-electron chi connectivity index (χ3n) is 6.22. The third-order valence-corrected chi connectivity index (χ3v) is 6.57. The quantitative estimate of drug-likeness (QED) is 0.161. The predicted molar refractivity (Wildman–Crippen MR) is 152 cm³/mol. The lowest BCUT2D eigenvalue weighted by atomic mass is 10.1. The van der Waals surface area contributed by atoms with Crippen molar-refractivity contribution < 1.29 is 28.6 Å². The van der Waals surface area contributed by atoms with Gasteiger partial charge < -0.3 is 19.5 Å². The Kier molecular flexibility index (Phi) is 7.52. The monoisotopic (exact) mass is 554 g/mol. The molecule has 8 nitrogen and oxygen atoms in total. The standard InChI is InChI=1S/C31H23ClN2O6/c1-38-24-16-17-25(26(18-24)39-2)34-29(35)27(32)28(30(34)36)33-22-12-8-21(9-13-22)31(37)40-23-14-10-20(11-15-23)19-6-4-3-5-7-19/h3-18,33H,1-2H3. The SMILES string of the molecule is COc1ccc(N2C(=O)C(Cl)=C(Nc3ccc(C(=O)Oc4ccc(-c5ccccc5)cc4)cc3)C2=O)c(OC)c1. The lowest BCUT2D eigenvalue weighted by Crippen LogP contribution is -2.32. The zero-order valence-corrected chi connectivity index (χ0v) is 22.3. The lowest BCUT2D eigenvalue weighted by Gasteiger charge is -2.18. The largest absolute Gasteiger partial charge is 0.497 e. The highest BCUT2D eigenvalue weighted by Gasteiger charge is 2.40. The van der Waals surface area contributed by atoms with Gasteiger partial charge in [-0.1, -0.05) is 54.1 Å². The van der Waals surface area contributed by atoms with Crippen LogP contribution in [0.2, 0.25) is 0 Å². The van der Waals surface area contributed by atoms with E-state index in [1.807, 2.05) is 42.5 Å². The molecule has 200 valence electrons. The first-order valence-electron chi connectivity index (χ1n) is 12.1. The number of methoxy groups -OCH3 is 2. The maximum atomic E-state index is 13.2. The van der Waals surface area contributed by atoms with Gasteiger partial charge in [-0.15, -0.1) is 0 Å². The number of nitrogens with zero attached hydrogens (tertiary/aromatic N) is 1. The number of benzene rings is 4. The number of amides is 2. The zero-order chi connectivity index (χ0) is 28.2. The molecule has 1 N–H and O–H groups in total. The molecule has 0 bridgehead atoms. The number of hydrogen-bond donors (Lipinski definition) is 1. The van der Waals surface area contributed by atoms with Crippen molar-refractivity contribution in [2.75, 3.05) is 24.4 Å². The Balaban J connectivity index is 1.26. The van der Waals surface area contributed by atoms with E-state index in [2.05, 4.69) is 5.32 Å². The highest BCUT2D eigenvalue weighted by atomic mass is 35.5. The number of rotatable bonds is 8. The van der Waals surface area contributed by atoms with Crippen LogP contribution < -0.4 is 24.4 Å². The van der Waals surface area contributed by atoms with E-state index in [1.54, 1.807) is 48.5 Å². The molecule has 2 amide bonds. The lowest BCUT2D eigenvalue weighted by molar-refractivity contribution is -0.120. The van der Waals surface area contributed by atoms with E-state index in [-0.39, 0.29) is 22.2 Å². The molecule has 0 spiro atoms. The van der Waals surface area contributed by atoms with Crippen LogP contribution in [0.4, 0.5) is 11.4 Å². The zero-order valence-electron chi connectivity index (χ0n) is 21.5. The van der Waals surface area contributed by atoms with Crippen molar-refractivity contribution >= 4 is 40.8 Å². The molecule has 0 unspecified atom stereocenters. The van der Waals surface area contributed by atoms with Crippen molar-refractivity contribution in [1.82, 2.24) is 0 Å². The highest BCUT2D eigenvalue weighted by Crippen LogP contribution is 2.37. The number of hydrogen-bond acceptors (Lipinski definition) is 7. The van der Waals surface area contributed by atoms with Gasteiger partial charge in [0.2, 0.25) is 0 Å². The van der Waals surface area contributed by atoms with E-state index in [0.29, 0.717) is 22.7 Å². The second kappa shape index (κ2) is 11.3. The van der Waals surface area contributed by atoms with Gasteiger partial charge in [-0.25, -0.2) is 9.69 Å². The summed E-state index contributed by atoms with van der Waals surface area (Å²) in [6.07, 6.45) is 0. The van der Waals surface area contributed by atoms with Crippen molar-refractivity contribution in [3.63, 3.8) is 0 Å². The number of ether oxygens (including phenoxy) is 3. The van der Waals surface area contributed by atoms with Gasteiger partial charge in [0, 0.05) is 11.8 Å². The smallest absolute Gasteiger partial charge is 0.343 e. The fraction of sp³-hybridized carbons (Fsp3) is 0.0645. The van der Waals surface area contributed by atoms with Gasteiger partial charge in [0.05, 0.1) is 25.5 Å². The van der Waals surface area contributed by atoms with Crippen molar-refractivity contribution in [2.45, 2.75) is 0 Å². The van der Waals surface area contributed by atoms with E-state index in [1.165, 1.54) is 20.3 Å². The Labute approximate surface area is 235 Å². The van der Waals surface area contributed by atoms with Gasteiger partial charge >= 0.3 is 5.97 Å². The number of anilines is 2. The van der Waals surface area contributed by atoms with Gasteiger partial charge in [-0.2, -0.15) is 0 Å². The van der Waals surface area contributed by atoms with E-state index in [0.717, 1.165) is 16.0 Å². The molecule has 1 heterocycles. The number of carbonyl (C=O) groups is 3. The van der Waals surface area contributed by atoms with E-state index in [4.69, 9.17) is 25.8 Å². The molecule has 9 heteroatoms. The summed E-state index contributed by atoms with van der Waals surface area (Å²) in [7, 11) is 2.92. The van der Waals surface area contributed by atoms with Crippen LogP contribution in [0.3, 0.4) is 0 Å². The molecular formula is C31H23ClN2O6. The molecule has 4 aromatic carbocycles. The molecule has 0 aliphatic carbocycles. The molecule has 0 saturated carbocycles. The molecule has 5 rings (SSSR count). The Hall–Kier alpha value is -5.08. The molecule has 0 aromatic heterocycles. The number of imide groups is 1. The molecular weight excluding hydrogens is 532 g/mol.